The Morgan fingerprint density at radius 1 is 0.643 bits per heavy atom. The molecular formula is C25H44O3. The summed E-state index contributed by atoms with van der Waals surface area (Å²) in [6.07, 6.45) is 10.3. The maximum Gasteiger partial charge on any atom is 0.119 e. The highest BCUT2D eigenvalue weighted by Crippen LogP contribution is 2.21. The molecule has 0 radical (unpaired) electrons. The summed E-state index contributed by atoms with van der Waals surface area (Å²) in [6.45, 7) is 13.5. The van der Waals surface area contributed by atoms with Crippen LogP contribution in [0.3, 0.4) is 0 Å². The summed E-state index contributed by atoms with van der Waals surface area (Å²) < 4.78 is 17.9. The predicted molar refractivity (Wildman–Crippen MR) is 119 cm³/mol. The maximum absolute atomic E-state index is 6.14. The molecule has 0 aliphatic rings. The van der Waals surface area contributed by atoms with Crippen LogP contribution in [0.2, 0.25) is 0 Å². The number of ether oxygens (including phenoxy) is 3. The molecule has 0 unspecified atom stereocenters. The van der Waals surface area contributed by atoms with Crippen LogP contribution in [0.1, 0.15) is 92.4 Å². The van der Waals surface area contributed by atoms with Crippen LogP contribution < -0.4 is 4.74 Å². The standard InChI is InChI=1S/C25H44O3/c1-6-7-13-21-27-25(4,5)19-12-15-22-28-24(2,3)18-11-14-20-26-23-16-9-8-10-17-23/h8-10,16-17H,6-7,11-15,18-22H2,1-5H3. The lowest BCUT2D eigenvalue weighted by Crippen LogP contribution is -2.26. The van der Waals surface area contributed by atoms with Crippen molar-refractivity contribution in [3.63, 3.8) is 0 Å². The van der Waals surface area contributed by atoms with E-state index >= 15 is 0 Å². The van der Waals surface area contributed by atoms with Crippen LogP contribution in [0, 0.1) is 0 Å². The molecule has 0 heterocycles. The molecule has 0 atom stereocenters. The quantitative estimate of drug-likeness (QED) is 0.263. The molecule has 0 fully saturated rings. The van der Waals surface area contributed by atoms with Crippen molar-refractivity contribution in [1.29, 1.82) is 0 Å². The van der Waals surface area contributed by atoms with Crippen molar-refractivity contribution < 1.29 is 14.2 Å². The Balaban J connectivity index is 2.03. The molecule has 0 saturated heterocycles. The molecule has 0 amide bonds. The average molecular weight is 393 g/mol. The molecule has 28 heavy (non-hydrogen) atoms. The first-order chi connectivity index (χ1) is 13.3. The summed E-state index contributed by atoms with van der Waals surface area (Å²) in [4.78, 5) is 0. The van der Waals surface area contributed by atoms with E-state index in [0.29, 0.717) is 0 Å². The second kappa shape index (κ2) is 14.0. The topological polar surface area (TPSA) is 27.7 Å². The van der Waals surface area contributed by atoms with Crippen molar-refractivity contribution >= 4 is 0 Å². The highest BCUT2D eigenvalue weighted by atomic mass is 16.5. The van der Waals surface area contributed by atoms with Gasteiger partial charge in [-0.05, 0) is 84.8 Å². The van der Waals surface area contributed by atoms with Crippen LogP contribution in [0.15, 0.2) is 30.3 Å². The second-order valence-electron chi connectivity index (χ2n) is 9.00. The Hall–Kier alpha value is -1.06. The molecule has 1 aromatic carbocycles. The number of hydrogen-bond acceptors (Lipinski definition) is 3. The smallest absolute Gasteiger partial charge is 0.119 e. The molecule has 0 saturated carbocycles. The molecule has 3 heteroatoms. The van der Waals surface area contributed by atoms with Crippen molar-refractivity contribution in [2.45, 2.75) is 104 Å². The Morgan fingerprint density at radius 3 is 1.68 bits per heavy atom. The van der Waals surface area contributed by atoms with E-state index in [1.807, 2.05) is 30.3 Å². The molecule has 0 aromatic heterocycles. The zero-order valence-corrected chi connectivity index (χ0v) is 19.1. The zero-order valence-electron chi connectivity index (χ0n) is 19.1. The second-order valence-corrected chi connectivity index (χ2v) is 9.00. The lowest BCUT2D eigenvalue weighted by atomic mass is 10.00. The highest BCUT2D eigenvalue weighted by Gasteiger charge is 2.19. The van der Waals surface area contributed by atoms with E-state index in [9.17, 15) is 0 Å². The molecule has 0 aliphatic heterocycles. The minimum atomic E-state index is -0.0566. The monoisotopic (exact) mass is 392 g/mol. The molecule has 0 aliphatic carbocycles. The summed E-state index contributed by atoms with van der Waals surface area (Å²) in [5.41, 5.74) is -0.0685. The molecular weight excluding hydrogens is 348 g/mol. The number of hydrogen-bond donors (Lipinski definition) is 0. The fraction of sp³-hybridized carbons (Fsp3) is 0.760. The first kappa shape index (κ1) is 25.0. The highest BCUT2D eigenvalue weighted by molar-refractivity contribution is 5.20. The van der Waals surface area contributed by atoms with Crippen molar-refractivity contribution in [1.82, 2.24) is 0 Å². The van der Waals surface area contributed by atoms with Gasteiger partial charge in [-0.3, -0.25) is 0 Å². The van der Waals surface area contributed by atoms with E-state index in [-0.39, 0.29) is 11.2 Å². The molecule has 1 rings (SSSR count). The molecule has 0 spiro atoms. The molecule has 1 aromatic rings. The third-order valence-corrected chi connectivity index (χ3v) is 5.09. The fourth-order valence-electron chi connectivity index (χ4n) is 3.21. The van der Waals surface area contributed by atoms with Gasteiger partial charge in [0.15, 0.2) is 0 Å². The van der Waals surface area contributed by atoms with Gasteiger partial charge in [-0.1, -0.05) is 38.0 Å². The van der Waals surface area contributed by atoms with Gasteiger partial charge >= 0.3 is 0 Å². The summed E-state index contributed by atoms with van der Waals surface area (Å²) in [6, 6.07) is 10.0. The van der Waals surface area contributed by atoms with Gasteiger partial charge in [0.1, 0.15) is 5.75 Å². The third kappa shape index (κ3) is 13.2. The third-order valence-electron chi connectivity index (χ3n) is 5.09. The lowest BCUT2D eigenvalue weighted by Gasteiger charge is -2.27. The van der Waals surface area contributed by atoms with Crippen molar-refractivity contribution in [3.05, 3.63) is 30.3 Å². The van der Waals surface area contributed by atoms with E-state index < -0.39 is 0 Å². The van der Waals surface area contributed by atoms with Gasteiger partial charge in [-0.25, -0.2) is 0 Å². The van der Waals surface area contributed by atoms with Crippen molar-refractivity contribution in [3.8, 4) is 5.75 Å². The van der Waals surface area contributed by atoms with Crippen molar-refractivity contribution in [2.75, 3.05) is 19.8 Å². The van der Waals surface area contributed by atoms with E-state index in [1.165, 1.54) is 19.3 Å². The first-order valence-corrected chi connectivity index (χ1v) is 11.3. The van der Waals surface area contributed by atoms with Crippen molar-refractivity contribution in [2.24, 2.45) is 0 Å². The van der Waals surface area contributed by atoms with Crippen LogP contribution in [-0.4, -0.2) is 31.0 Å². The SMILES string of the molecule is CCCCCOC(C)(C)CCCCOC(C)(C)CCCCOc1ccccc1. The van der Waals surface area contributed by atoms with Gasteiger partial charge in [0, 0.05) is 13.2 Å². The van der Waals surface area contributed by atoms with Gasteiger partial charge in [-0.2, -0.15) is 0 Å². The Kier molecular flexibility index (Phi) is 12.5. The fourth-order valence-corrected chi connectivity index (χ4v) is 3.21. The van der Waals surface area contributed by atoms with E-state index in [0.717, 1.165) is 64.1 Å². The lowest BCUT2D eigenvalue weighted by molar-refractivity contribution is -0.0390. The van der Waals surface area contributed by atoms with Crippen LogP contribution in [0.4, 0.5) is 0 Å². The van der Waals surface area contributed by atoms with Gasteiger partial charge < -0.3 is 14.2 Å². The summed E-state index contributed by atoms with van der Waals surface area (Å²) >= 11 is 0. The summed E-state index contributed by atoms with van der Waals surface area (Å²) in [5.74, 6) is 0.954. The zero-order chi connectivity index (χ0) is 20.7. The molecule has 3 nitrogen and oxygen atoms in total. The first-order valence-electron chi connectivity index (χ1n) is 11.3. The Bertz CT molecular complexity index is 482. The molecule has 162 valence electrons. The number of para-hydroxylation sites is 1. The van der Waals surface area contributed by atoms with Crippen LogP contribution >= 0.6 is 0 Å². The Morgan fingerprint density at radius 2 is 1.14 bits per heavy atom. The van der Waals surface area contributed by atoms with Gasteiger partial charge in [0.25, 0.3) is 0 Å². The van der Waals surface area contributed by atoms with E-state index in [1.54, 1.807) is 0 Å². The summed E-state index contributed by atoms with van der Waals surface area (Å²) in [7, 11) is 0. The molecule has 0 N–H and O–H groups in total. The van der Waals surface area contributed by atoms with Gasteiger partial charge in [0.2, 0.25) is 0 Å². The van der Waals surface area contributed by atoms with Crippen LogP contribution in [0.5, 0.6) is 5.75 Å². The minimum Gasteiger partial charge on any atom is -0.494 e. The van der Waals surface area contributed by atoms with E-state index in [4.69, 9.17) is 14.2 Å². The largest absolute Gasteiger partial charge is 0.494 e. The van der Waals surface area contributed by atoms with E-state index in [2.05, 4.69) is 34.6 Å². The maximum atomic E-state index is 6.14. The number of unbranched alkanes of at least 4 members (excludes halogenated alkanes) is 4. The predicted octanol–water partition coefficient (Wildman–Crippen LogP) is 7.19. The van der Waals surface area contributed by atoms with Gasteiger partial charge in [-0.15, -0.1) is 0 Å². The summed E-state index contributed by atoms with van der Waals surface area (Å²) in [5, 5.41) is 0. The van der Waals surface area contributed by atoms with Crippen LogP contribution in [0.25, 0.3) is 0 Å². The Labute approximate surface area is 174 Å². The molecule has 0 bridgehead atoms. The average Bonchev–Trinajstić information content (AvgIpc) is 2.65. The minimum absolute atomic E-state index is 0.0119. The van der Waals surface area contributed by atoms with Gasteiger partial charge in [0.05, 0.1) is 17.8 Å². The number of rotatable bonds is 17. The van der Waals surface area contributed by atoms with Crippen LogP contribution in [-0.2, 0) is 9.47 Å². The number of benzene rings is 1. The normalized spacial score (nSPS) is 12.3.